The average molecular weight is 337 g/mol. The van der Waals surface area contributed by atoms with Crippen molar-refractivity contribution in [2.45, 2.75) is 43.4 Å². The molecule has 124 valence electrons. The summed E-state index contributed by atoms with van der Waals surface area (Å²) in [5.41, 5.74) is 0.790. The van der Waals surface area contributed by atoms with Gasteiger partial charge in [-0.15, -0.1) is 5.10 Å². The molecule has 2 aromatic heterocycles. The van der Waals surface area contributed by atoms with Gasteiger partial charge in [0.2, 0.25) is 0 Å². The molecule has 0 radical (unpaired) electrons. The van der Waals surface area contributed by atoms with Crippen LogP contribution >= 0.6 is 0 Å². The van der Waals surface area contributed by atoms with E-state index >= 15 is 0 Å². The molecule has 3 heterocycles. The molecule has 4 rings (SSSR count). The number of sulfone groups is 1. The van der Waals surface area contributed by atoms with Crippen molar-refractivity contribution >= 4 is 21.4 Å². The molecule has 1 saturated heterocycles. The van der Waals surface area contributed by atoms with Gasteiger partial charge in [-0.2, -0.15) is 9.50 Å². The van der Waals surface area contributed by atoms with Crippen LogP contribution in [0.1, 0.15) is 31.4 Å². The van der Waals surface area contributed by atoms with Crippen LogP contribution in [-0.2, 0) is 9.84 Å². The first-order chi connectivity index (χ1) is 10.9. The number of anilines is 1. The third-order valence-electron chi connectivity index (χ3n) is 5.02. The molecular weight excluding hydrogens is 318 g/mol. The Hall–Kier alpha value is -1.90. The van der Waals surface area contributed by atoms with Gasteiger partial charge in [0, 0.05) is 11.8 Å². The van der Waals surface area contributed by atoms with Gasteiger partial charge in [0.05, 0.1) is 23.7 Å². The summed E-state index contributed by atoms with van der Waals surface area (Å²) < 4.78 is 30.7. The van der Waals surface area contributed by atoms with Crippen LogP contribution < -0.4 is 10.1 Å². The Kier molecular flexibility index (Phi) is 3.06. The van der Waals surface area contributed by atoms with Gasteiger partial charge in [-0.3, -0.25) is 0 Å². The summed E-state index contributed by atoms with van der Waals surface area (Å²) in [6, 6.07) is 2.01. The second kappa shape index (κ2) is 4.80. The van der Waals surface area contributed by atoms with Crippen LogP contribution in [0.5, 0.6) is 6.01 Å². The minimum absolute atomic E-state index is 0.0878. The highest BCUT2D eigenvalue weighted by Crippen LogP contribution is 2.48. The number of fused-ring (bicyclic) bond motifs is 1. The minimum atomic E-state index is -3.00. The van der Waals surface area contributed by atoms with E-state index in [2.05, 4.69) is 20.4 Å². The molecule has 1 saturated carbocycles. The molecule has 1 N–H and O–H groups in total. The molecule has 23 heavy (non-hydrogen) atoms. The smallest absolute Gasteiger partial charge is 0.337 e. The van der Waals surface area contributed by atoms with E-state index in [4.69, 9.17) is 4.74 Å². The van der Waals surface area contributed by atoms with E-state index in [9.17, 15) is 8.42 Å². The fourth-order valence-corrected chi connectivity index (χ4v) is 6.16. The van der Waals surface area contributed by atoms with Crippen molar-refractivity contribution in [3.8, 4) is 6.01 Å². The van der Waals surface area contributed by atoms with Crippen molar-refractivity contribution in [3.63, 3.8) is 0 Å². The topological polar surface area (TPSA) is 98.5 Å². The number of hydrogen-bond acceptors (Lipinski definition) is 7. The predicted octanol–water partition coefficient (Wildman–Crippen LogP) is 0.963. The standard InChI is InChI=1S/C14H19N5O3S/c1-9-7-11(19-12(15-9)17-13(18-19)22-2)16-10-8-23(20,21)14(10)5-3-4-6-14/h7,10,16H,3-6,8H2,1-2H3. The molecule has 2 fully saturated rings. The highest BCUT2D eigenvalue weighted by atomic mass is 32.2. The van der Waals surface area contributed by atoms with E-state index in [-0.39, 0.29) is 17.8 Å². The zero-order valence-corrected chi connectivity index (χ0v) is 13.9. The Labute approximate surface area is 134 Å². The Morgan fingerprint density at radius 1 is 1.35 bits per heavy atom. The van der Waals surface area contributed by atoms with Crippen molar-refractivity contribution in [1.29, 1.82) is 0 Å². The molecule has 1 aliphatic carbocycles. The summed E-state index contributed by atoms with van der Waals surface area (Å²) in [6.45, 7) is 1.87. The number of hydrogen-bond donors (Lipinski definition) is 1. The number of aromatic nitrogens is 4. The second-order valence-corrected chi connectivity index (χ2v) is 8.72. The van der Waals surface area contributed by atoms with Crippen molar-refractivity contribution in [1.82, 2.24) is 19.6 Å². The third-order valence-corrected chi connectivity index (χ3v) is 7.72. The highest BCUT2D eigenvalue weighted by molar-refractivity contribution is 7.94. The van der Waals surface area contributed by atoms with E-state index in [1.54, 1.807) is 4.52 Å². The van der Waals surface area contributed by atoms with Gasteiger partial charge in [-0.05, 0) is 19.8 Å². The fraction of sp³-hybridized carbons (Fsp3) is 0.643. The highest BCUT2D eigenvalue weighted by Gasteiger charge is 2.61. The molecule has 2 aliphatic rings. The number of ether oxygens (including phenoxy) is 1. The van der Waals surface area contributed by atoms with Crippen LogP contribution in [0.25, 0.3) is 5.78 Å². The summed E-state index contributed by atoms with van der Waals surface area (Å²) in [6.07, 6.45) is 3.42. The fourth-order valence-electron chi connectivity index (χ4n) is 3.80. The summed E-state index contributed by atoms with van der Waals surface area (Å²) >= 11 is 0. The van der Waals surface area contributed by atoms with Crippen molar-refractivity contribution < 1.29 is 13.2 Å². The maximum Gasteiger partial charge on any atom is 0.337 e. The molecule has 2 aromatic rings. The second-order valence-electron chi connectivity index (χ2n) is 6.34. The Balaban J connectivity index is 1.72. The molecule has 1 atom stereocenters. The zero-order chi connectivity index (χ0) is 16.2. The Morgan fingerprint density at radius 2 is 2.09 bits per heavy atom. The van der Waals surface area contributed by atoms with E-state index < -0.39 is 14.6 Å². The Bertz CT molecular complexity index is 870. The molecular formula is C14H19N5O3S. The average Bonchev–Trinajstić information content (AvgIpc) is 3.14. The van der Waals surface area contributed by atoms with Crippen LogP contribution in [0.4, 0.5) is 5.82 Å². The first kappa shape index (κ1) is 14.7. The van der Waals surface area contributed by atoms with Gasteiger partial charge in [-0.25, -0.2) is 13.4 Å². The van der Waals surface area contributed by atoms with E-state index in [1.807, 2.05) is 13.0 Å². The summed E-state index contributed by atoms with van der Waals surface area (Å²) in [5.74, 6) is 1.31. The van der Waals surface area contributed by atoms with Crippen molar-refractivity contribution in [3.05, 3.63) is 11.8 Å². The van der Waals surface area contributed by atoms with Crippen LogP contribution in [-0.4, -0.2) is 51.7 Å². The third kappa shape index (κ3) is 2.02. The first-order valence-electron chi connectivity index (χ1n) is 7.72. The molecule has 1 aliphatic heterocycles. The number of aryl methyl sites for hydroxylation is 1. The molecule has 0 bridgehead atoms. The Morgan fingerprint density at radius 3 is 2.74 bits per heavy atom. The van der Waals surface area contributed by atoms with Gasteiger partial charge in [0.25, 0.3) is 5.78 Å². The SMILES string of the molecule is COc1nc2nc(C)cc(NC3CS(=O)(=O)C34CCCC4)n2n1. The summed E-state index contributed by atoms with van der Waals surface area (Å²) in [5, 5.41) is 7.62. The van der Waals surface area contributed by atoms with Crippen molar-refractivity contribution in [2.75, 3.05) is 18.2 Å². The molecule has 8 nitrogen and oxygen atoms in total. The summed E-state index contributed by atoms with van der Waals surface area (Å²) in [4.78, 5) is 8.51. The van der Waals surface area contributed by atoms with Gasteiger partial charge in [0.15, 0.2) is 9.84 Å². The first-order valence-corrected chi connectivity index (χ1v) is 9.38. The zero-order valence-electron chi connectivity index (χ0n) is 13.1. The summed E-state index contributed by atoms with van der Waals surface area (Å²) in [7, 11) is -1.50. The van der Waals surface area contributed by atoms with Gasteiger partial charge in [0.1, 0.15) is 5.82 Å². The quantitative estimate of drug-likeness (QED) is 0.890. The molecule has 1 unspecified atom stereocenters. The molecule has 0 amide bonds. The number of methoxy groups -OCH3 is 1. The van der Waals surface area contributed by atoms with Crippen LogP contribution in [0.3, 0.4) is 0 Å². The number of rotatable bonds is 3. The van der Waals surface area contributed by atoms with E-state index in [0.29, 0.717) is 11.6 Å². The lowest BCUT2D eigenvalue weighted by Crippen LogP contribution is -2.65. The van der Waals surface area contributed by atoms with E-state index in [1.165, 1.54) is 7.11 Å². The number of nitrogens with zero attached hydrogens (tertiary/aromatic N) is 4. The lowest BCUT2D eigenvalue weighted by molar-refractivity contribution is 0.380. The molecule has 0 aromatic carbocycles. The van der Waals surface area contributed by atoms with Crippen LogP contribution in [0, 0.1) is 6.92 Å². The predicted molar refractivity (Wildman–Crippen MR) is 84.5 cm³/mol. The molecule has 1 spiro atoms. The number of nitrogens with one attached hydrogen (secondary N) is 1. The lowest BCUT2D eigenvalue weighted by Gasteiger charge is -2.46. The maximum absolute atomic E-state index is 12.3. The van der Waals surface area contributed by atoms with Gasteiger partial charge in [-0.1, -0.05) is 12.8 Å². The van der Waals surface area contributed by atoms with Crippen LogP contribution in [0.15, 0.2) is 6.07 Å². The normalized spacial score (nSPS) is 24.7. The van der Waals surface area contributed by atoms with Crippen molar-refractivity contribution in [2.24, 2.45) is 0 Å². The maximum atomic E-state index is 12.3. The van der Waals surface area contributed by atoms with Crippen LogP contribution in [0.2, 0.25) is 0 Å². The largest absolute Gasteiger partial charge is 0.466 e. The monoisotopic (exact) mass is 337 g/mol. The minimum Gasteiger partial charge on any atom is -0.466 e. The van der Waals surface area contributed by atoms with Gasteiger partial charge >= 0.3 is 6.01 Å². The lowest BCUT2D eigenvalue weighted by atomic mass is 9.96. The molecule has 9 heteroatoms. The van der Waals surface area contributed by atoms with E-state index in [0.717, 1.165) is 31.4 Å². The van der Waals surface area contributed by atoms with Gasteiger partial charge < -0.3 is 10.1 Å².